The lowest BCUT2D eigenvalue weighted by Gasteiger charge is -2.16. The van der Waals surface area contributed by atoms with Gasteiger partial charge in [-0.05, 0) is 31.0 Å². The van der Waals surface area contributed by atoms with Gasteiger partial charge in [-0.15, -0.1) is 5.10 Å². The zero-order valence-electron chi connectivity index (χ0n) is 16.9. The van der Waals surface area contributed by atoms with Crippen LogP contribution in [0.5, 0.6) is 11.5 Å². The summed E-state index contributed by atoms with van der Waals surface area (Å²) < 4.78 is 16.5. The topological polar surface area (TPSA) is 123 Å². The van der Waals surface area contributed by atoms with Gasteiger partial charge in [0.25, 0.3) is 11.1 Å². The molecule has 4 rings (SSSR count). The summed E-state index contributed by atoms with van der Waals surface area (Å²) in [6.07, 6.45) is 4.32. The lowest BCUT2D eigenvalue weighted by molar-refractivity contribution is 0.451. The van der Waals surface area contributed by atoms with Gasteiger partial charge in [-0.25, -0.2) is 4.79 Å². The number of benzene rings is 1. The van der Waals surface area contributed by atoms with Crippen LogP contribution in [0.4, 0.5) is 0 Å². The highest BCUT2D eigenvalue weighted by molar-refractivity contribution is 6.37. The first-order valence-electron chi connectivity index (χ1n) is 9.76. The molecule has 9 nitrogen and oxygen atoms in total. The Balaban J connectivity index is 1.72. The zero-order chi connectivity index (χ0) is 23.0. The van der Waals surface area contributed by atoms with E-state index in [0.717, 1.165) is 17.5 Å². The maximum Gasteiger partial charge on any atom is 0.349 e. The molecule has 0 amide bonds. The molecule has 1 aromatic carbocycles. The molecule has 2 heterocycles. The van der Waals surface area contributed by atoms with Crippen LogP contribution < -0.4 is 21.5 Å². The summed E-state index contributed by atoms with van der Waals surface area (Å²) in [7, 11) is 0. The maximum absolute atomic E-state index is 12.3. The molecule has 158 valence electrons. The van der Waals surface area contributed by atoms with Crippen molar-refractivity contribution in [3.8, 4) is 23.3 Å². The summed E-state index contributed by atoms with van der Waals surface area (Å²) in [5, 5.41) is 12.7. The van der Waals surface area contributed by atoms with Crippen LogP contribution in [0.2, 0.25) is 10.0 Å². The minimum absolute atomic E-state index is 0.0186. The number of pyridine rings is 1. The first kappa shape index (κ1) is 19.6. The van der Waals surface area contributed by atoms with E-state index >= 15 is 0 Å². The Morgan fingerprint density at radius 3 is 2.52 bits per heavy atom. The molecule has 1 N–H and O–H groups in total. The van der Waals surface area contributed by atoms with Crippen LogP contribution in [0.3, 0.4) is 0 Å². The fraction of sp³-hybridized carbons (Fsp3) is 0.250. The van der Waals surface area contributed by atoms with Crippen LogP contribution in [0.25, 0.3) is 5.69 Å². The van der Waals surface area contributed by atoms with Crippen LogP contribution in [-0.2, 0) is 0 Å². The van der Waals surface area contributed by atoms with Crippen LogP contribution in [-0.4, -0.2) is 19.3 Å². The van der Waals surface area contributed by atoms with Crippen molar-refractivity contribution in [1.82, 2.24) is 19.3 Å². The van der Waals surface area contributed by atoms with Crippen molar-refractivity contribution in [1.29, 1.82) is 5.26 Å². The largest absolute Gasteiger partial charge is 0.453 e. The van der Waals surface area contributed by atoms with Gasteiger partial charge in [-0.2, -0.15) is 9.94 Å². The number of nitriles is 1. The van der Waals surface area contributed by atoms with Crippen LogP contribution in [0.15, 0.2) is 44.8 Å². The maximum atomic E-state index is 12.3. The van der Waals surface area contributed by atoms with E-state index in [2.05, 4.69) is 5.10 Å². The summed E-state index contributed by atoms with van der Waals surface area (Å²) in [5.74, 6) is 0.316. The van der Waals surface area contributed by atoms with Crippen LogP contribution in [0.1, 0.15) is 38.8 Å². The molecule has 1 saturated carbocycles. The molecule has 0 unspecified atom stereocenters. The van der Waals surface area contributed by atoms with E-state index in [1.807, 2.05) is 4.98 Å². The van der Waals surface area contributed by atoms with Crippen molar-refractivity contribution in [3.63, 3.8) is 0 Å². The lowest BCUT2D eigenvalue weighted by Crippen LogP contribution is -2.33. The molecular formula is C20H15Cl2N5O4. The number of nitrogens with zero attached hydrogens (tertiary/aromatic N) is 4. The van der Waals surface area contributed by atoms with Crippen molar-refractivity contribution in [2.75, 3.05) is 0 Å². The number of ether oxygens (including phenoxy) is 1. The molecule has 0 spiro atoms. The first-order valence-corrected chi connectivity index (χ1v) is 10.0. The summed E-state index contributed by atoms with van der Waals surface area (Å²) in [6.45, 7) is 0. The van der Waals surface area contributed by atoms with Crippen molar-refractivity contribution in [3.05, 3.63) is 77.4 Å². The second-order valence-corrected chi connectivity index (χ2v) is 7.63. The molecule has 2 aromatic heterocycles. The molecule has 11 heteroatoms. The van der Waals surface area contributed by atoms with Crippen molar-refractivity contribution in [2.24, 2.45) is 0 Å². The molecule has 0 aliphatic heterocycles. The number of hydrogen-bond acceptors (Lipinski definition) is 6. The summed E-state index contributed by atoms with van der Waals surface area (Å²) in [6, 6.07) is 5.99. The Kier molecular flexibility index (Phi) is 5.32. The predicted molar refractivity (Wildman–Crippen MR) is 113 cm³/mol. The summed E-state index contributed by atoms with van der Waals surface area (Å²) >= 11 is 12.6. The predicted octanol–water partition coefficient (Wildman–Crippen LogP) is 3.17. The second kappa shape index (κ2) is 8.41. The van der Waals surface area contributed by atoms with Crippen molar-refractivity contribution >= 4 is 23.2 Å². The number of aromatic nitrogens is 4. The van der Waals surface area contributed by atoms with E-state index in [-0.39, 0.29) is 32.8 Å². The minimum Gasteiger partial charge on any atom is -0.453 e. The van der Waals surface area contributed by atoms with Gasteiger partial charge in [-0.1, -0.05) is 36.0 Å². The van der Waals surface area contributed by atoms with E-state index in [1.54, 1.807) is 6.07 Å². The molecular weight excluding hydrogens is 445 g/mol. The van der Waals surface area contributed by atoms with E-state index in [0.29, 0.717) is 12.8 Å². The van der Waals surface area contributed by atoms with E-state index in [9.17, 15) is 14.4 Å². The SMILES string of the molecule is [2H]C1(n2cc(Oc3c(Cl)cc(-n4nc(C#N)c(=O)[nH]c4=O)cc3Cl)ccc2=O)CCCC1. The smallest absolute Gasteiger partial charge is 0.349 e. The Morgan fingerprint density at radius 1 is 1.19 bits per heavy atom. The number of aromatic amines is 1. The fourth-order valence-electron chi connectivity index (χ4n) is 3.33. The van der Waals surface area contributed by atoms with E-state index < -0.39 is 23.0 Å². The Labute approximate surface area is 186 Å². The summed E-state index contributed by atoms with van der Waals surface area (Å²) in [4.78, 5) is 38.0. The third kappa shape index (κ3) is 4.13. The number of nitrogens with one attached hydrogen (secondary N) is 1. The lowest BCUT2D eigenvalue weighted by atomic mass is 10.2. The van der Waals surface area contributed by atoms with Gasteiger partial charge in [0, 0.05) is 12.1 Å². The van der Waals surface area contributed by atoms with E-state index in [1.165, 1.54) is 35.0 Å². The molecule has 31 heavy (non-hydrogen) atoms. The first-order chi connectivity index (χ1) is 15.2. The third-order valence-electron chi connectivity index (χ3n) is 4.79. The van der Waals surface area contributed by atoms with Gasteiger partial charge in [-0.3, -0.25) is 14.6 Å². The molecule has 3 aromatic rings. The van der Waals surface area contributed by atoms with Gasteiger partial charge in [0.15, 0.2) is 5.75 Å². The van der Waals surface area contributed by atoms with Crippen molar-refractivity contribution < 1.29 is 6.11 Å². The Hall–Kier alpha value is -3.35. The highest BCUT2D eigenvalue weighted by Crippen LogP contribution is 2.38. The molecule has 1 fully saturated rings. The van der Waals surface area contributed by atoms with E-state index in [4.69, 9.17) is 34.6 Å². The standard InChI is InChI=1S/C20H15Cl2N5O4/c21-14-7-12(27-20(30)24-19(29)16(9-23)25-27)8-15(22)18(14)31-13-5-6-17(28)26(10-13)11-3-1-2-4-11/h5-8,10-11H,1-4H2,(H,24,29,30)/i11D. The number of halogens is 2. The monoisotopic (exact) mass is 460 g/mol. The van der Waals surface area contributed by atoms with Crippen LogP contribution >= 0.6 is 23.2 Å². The average molecular weight is 461 g/mol. The quantitative estimate of drug-likeness (QED) is 0.637. The highest BCUT2D eigenvalue weighted by atomic mass is 35.5. The molecule has 1 aliphatic rings. The Morgan fingerprint density at radius 2 is 1.87 bits per heavy atom. The summed E-state index contributed by atoms with van der Waals surface area (Å²) in [5.41, 5.74) is -2.49. The average Bonchev–Trinajstić information content (AvgIpc) is 3.19. The zero-order valence-corrected chi connectivity index (χ0v) is 17.4. The molecule has 0 atom stereocenters. The highest BCUT2D eigenvalue weighted by Gasteiger charge is 2.19. The fourth-order valence-corrected chi connectivity index (χ4v) is 3.88. The van der Waals surface area contributed by atoms with Gasteiger partial charge in [0.1, 0.15) is 11.8 Å². The molecule has 0 saturated heterocycles. The van der Waals surface area contributed by atoms with Gasteiger partial charge in [0.05, 0.1) is 23.3 Å². The molecule has 0 radical (unpaired) electrons. The number of H-pyrrole nitrogens is 1. The Bertz CT molecular complexity index is 1410. The van der Waals surface area contributed by atoms with Gasteiger partial charge < -0.3 is 9.30 Å². The number of hydrogen-bond donors (Lipinski definition) is 1. The normalized spacial score (nSPS) is 15.3. The van der Waals surface area contributed by atoms with Crippen LogP contribution in [0, 0.1) is 11.3 Å². The molecule has 0 bridgehead atoms. The second-order valence-electron chi connectivity index (χ2n) is 6.82. The van der Waals surface area contributed by atoms with Gasteiger partial charge >= 0.3 is 5.69 Å². The van der Waals surface area contributed by atoms with Crippen molar-refractivity contribution in [2.45, 2.75) is 31.7 Å². The third-order valence-corrected chi connectivity index (χ3v) is 5.35. The molecule has 1 aliphatic carbocycles. The van der Waals surface area contributed by atoms with Gasteiger partial charge in [0.2, 0.25) is 5.69 Å². The minimum atomic E-state index is -1.02. The number of rotatable bonds is 4.